The van der Waals surface area contributed by atoms with E-state index in [0.29, 0.717) is 126 Å². The van der Waals surface area contributed by atoms with E-state index in [9.17, 15) is 57.5 Å². The minimum absolute atomic E-state index is 0.0538. The van der Waals surface area contributed by atoms with Crippen molar-refractivity contribution in [2.75, 3.05) is 58.9 Å². The summed E-state index contributed by atoms with van der Waals surface area (Å²) in [5, 5.41) is 32.0. The maximum Gasteiger partial charge on any atom is 0.251 e. The molecule has 4 aromatic rings. The Labute approximate surface area is 759 Å². The summed E-state index contributed by atoms with van der Waals surface area (Å²) in [6, 6.07) is 19.2. The second-order valence-corrected chi connectivity index (χ2v) is 36.4. The average molecular weight is 1750 g/mol. The van der Waals surface area contributed by atoms with E-state index in [4.69, 9.17) is 0 Å². The first-order valence-electron chi connectivity index (χ1n) is 48.4. The van der Waals surface area contributed by atoms with Crippen LogP contribution in [0.4, 0.5) is 0 Å². The van der Waals surface area contributed by atoms with Gasteiger partial charge in [-0.1, -0.05) is 256 Å². The van der Waals surface area contributed by atoms with Gasteiger partial charge < -0.3 is 58.5 Å². The molecule has 0 aliphatic rings. The zero-order valence-electron chi connectivity index (χ0n) is 81.4. The highest BCUT2D eigenvalue weighted by atomic mass is 16.2. The molecule has 4 aromatic carbocycles. The molecular weight excluding hydrogens is 1580 g/mol. The molecule has 0 aromatic heterocycles. The molecule has 0 bridgehead atoms. The molecule has 126 heavy (non-hydrogen) atoms. The fourth-order valence-electron chi connectivity index (χ4n) is 13.0. The van der Waals surface area contributed by atoms with Gasteiger partial charge in [-0.3, -0.25) is 57.5 Å². The summed E-state index contributed by atoms with van der Waals surface area (Å²) < 4.78 is 0. The summed E-state index contributed by atoms with van der Waals surface area (Å²) in [7, 11) is 0. The number of amides is 11. The Bertz CT molecular complexity index is 3500. The van der Waals surface area contributed by atoms with Gasteiger partial charge in [-0.2, -0.15) is 0 Å². The molecule has 11 N–H and O–H groups in total. The second-order valence-electron chi connectivity index (χ2n) is 36.4. The van der Waals surface area contributed by atoms with Crippen LogP contribution < -0.4 is 58.5 Å². The van der Waals surface area contributed by atoms with Crippen LogP contribution in [0.2, 0.25) is 0 Å². The zero-order valence-corrected chi connectivity index (χ0v) is 81.4. The van der Waals surface area contributed by atoms with Gasteiger partial charge in [0.1, 0.15) is 5.78 Å². The van der Waals surface area contributed by atoms with E-state index in [2.05, 4.69) is 100 Å². The first kappa shape index (κ1) is 115. The van der Waals surface area contributed by atoms with Crippen molar-refractivity contribution in [1.82, 2.24) is 58.5 Å². The average Bonchev–Trinajstić information content (AvgIpc) is 0.771. The van der Waals surface area contributed by atoms with Crippen LogP contribution in [0.1, 0.15) is 475 Å². The van der Waals surface area contributed by atoms with Gasteiger partial charge in [-0.05, 0) is 178 Å². The lowest BCUT2D eigenvalue weighted by Gasteiger charge is -2.23. The number of nitrogens with one attached hydrogen (secondary N) is 11. The third-order valence-corrected chi connectivity index (χ3v) is 20.7. The number of hydrogen-bond acceptors (Lipinski definition) is 12. The van der Waals surface area contributed by atoms with Gasteiger partial charge in [0.15, 0.2) is 0 Å². The number of rotatable bonds is 58. The summed E-state index contributed by atoms with van der Waals surface area (Å²) in [5.74, 6) is -2.74. The topological polar surface area (TPSA) is 337 Å². The number of benzene rings is 4. The molecule has 0 radical (unpaired) electrons. The van der Waals surface area contributed by atoms with Crippen molar-refractivity contribution >= 4 is 70.8 Å². The normalized spacial score (nSPS) is 11.0. The molecule has 0 fully saturated rings. The third kappa shape index (κ3) is 54.0. The maximum atomic E-state index is 12.9. The highest BCUT2D eigenvalue weighted by Gasteiger charge is 2.26. The van der Waals surface area contributed by atoms with Gasteiger partial charge in [0.2, 0.25) is 0 Å². The van der Waals surface area contributed by atoms with E-state index in [1.54, 1.807) is 72.8 Å². The first-order valence-corrected chi connectivity index (χ1v) is 48.4. The van der Waals surface area contributed by atoms with Crippen molar-refractivity contribution in [2.24, 2.45) is 5.41 Å². The van der Waals surface area contributed by atoms with Crippen LogP contribution in [0.15, 0.2) is 72.8 Å². The van der Waals surface area contributed by atoms with Crippen molar-refractivity contribution in [3.8, 4) is 0 Å². The molecule has 0 heterocycles. The van der Waals surface area contributed by atoms with Crippen molar-refractivity contribution in [1.29, 1.82) is 0 Å². The molecule has 0 unspecified atom stereocenters. The molecule has 0 spiro atoms. The minimum atomic E-state index is -0.489. The molecule has 23 nitrogen and oxygen atoms in total. The number of Topliss-reactive ketones (excluding diaryl/α,β-unsaturated/α-hetero) is 1. The summed E-state index contributed by atoms with van der Waals surface area (Å²) in [6.45, 7) is 41.4. The zero-order chi connectivity index (χ0) is 94.1. The molecule has 11 amide bonds. The highest BCUT2D eigenvalue weighted by molar-refractivity contribution is 6.07. The van der Waals surface area contributed by atoms with Gasteiger partial charge in [0, 0.05) is 143 Å². The van der Waals surface area contributed by atoms with Crippen LogP contribution in [0.5, 0.6) is 0 Å². The monoisotopic (exact) mass is 1750 g/mol. The summed E-state index contributed by atoms with van der Waals surface area (Å²) >= 11 is 0. The lowest BCUT2D eigenvalue weighted by molar-refractivity contribution is -0.125. The summed E-state index contributed by atoms with van der Waals surface area (Å²) in [6.07, 6.45) is 39.3. The Kier molecular flexibility index (Phi) is 61.9. The third-order valence-electron chi connectivity index (χ3n) is 20.7. The summed E-state index contributed by atoms with van der Waals surface area (Å²) in [5.41, 5.74) is 3.23. The minimum Gasteiger partial charge on any atom is -0.352 e. The van der Waals surface area contributed by atoms with E-state index >= 15 is 0 Å². The number of carbonyl (C=O) groups excluding carboxylic acids is 12. The van der Waals surface area contributed by atoms with E-state index in [0.717, 1.165) is 154 Å². The van der Waals surface area contributed by atoms with Crippen LogP contribution in [-0.4, -0.2) is 141 Å². The summed E-state index contributed by atoms with van der Waals surface area (Å²) in [4.78, 5) is 152. The molecule has 0 aliphatic carbocycles. The molecular formula is C103H169N11O12. The molecule has 4 rings (SSSR count). The molecule has 0 atom stereocenters. The highest BCUT2D eigenvalue weighted by Crippen LogP contribution is 2.23. The van der Waals surface area contributed by atoms with Crippen molar-refractivity contribution < 1.29 is 57.5 Å². The van der Waals surface area contributed by atoms with E-state index in [-0.39, 0.29) is 77.2 Å². The van der Waals surface area contributed by atoms with Gasteiger partial charge in [-0.15, -0.1) is 0 Å². The van der Waals surface area contributed by atoms with Crippen LogP contribution in [0.25, 0.3) is 0 Å². The van der Waals surface area contributed by atoms with Gasteiger partial charge in [-0.25, -0.2) is 0 Å². The van der Waals surface area contributed by atoms with E-state index < -0.39 is 16.5 Å². The van der Waals surface area contributed by atoms with Crippen LogP contribution in [0, 0.1) is 5.41 Å². The van der Waals surface area contributed by atoms with Crippen molar-refractivity contribution in [3.05, 3.63) is 140 Å². The van der Waals surface area contributed by atoms with Crippen molar-refractivity contribution in [3.63, 3.8) is 0 Å². The smallest absolute Gasteiger partial charge is 0.251 e. The Balaban J connectivity index is 0.000000850. The number of ketones is 1. The molecule has 0 saturated heterocycles. The fraction of sp³-hybridized carbons (Fsp3) is 0.650. The second kappa shape index (κ2) is 67.9. The van der Waals surface area contributed by atoms with Gasteiger partial charge in [0.25, 0.3) is 65.0 Å². The number of unbranched alkanes of at least 4 members (excludes halogenated alkanes) is 27. The van der Waals surface area contributed by atoms with Crippen LogP contribution >= 0.6 is 0 Å². The molecule has 708 valence electrons. The Morgan fingerprint density at radius 1 is 0.190 bits per heavy atom. The van der Waals surface area contributed by atoms with Gasteiger partial charge in [0.05, 0.1) is 0 Å². The molecule has 23 heteroatoms. The number of hydrogen-bond donors (Lipinski definition) is 11. The fourth-order valence-corrected chi connectivity index (χ4v) is 13.0. The number of carbonyl (C=O) groups is 12. The van der Waals surface area contributed by atoms with E-state index in [1.807, 2.05) is 83.1 Å². The lowest BCUT2D eigenvalue weighted by Crippen LogP contribution is -2.41. The first-order chi connectivity index (χ1) is 60.1. The Hall–Kier alpha value is -9.28. The predicted octanol–water partition coefficient (Wildman–Crippen LogP) is 20.8. The van der Waals surface area contributed by atoms with E-state index in [1.165, 1.54) is 77.0 Å². The largest absolute Gasteiger partial charge is 0.352 e. The van der Waals surface area contributed by atoms with Gasteiger partial charge >= 0.3 is 0 Å². The molecule has 0 aliphatic heterocycles. The standard InChI is InChI=1S/C33H57N3O3.C27H45N3O3.C22H34N2O3.C21H33N3O3/c1-4-7-10-13-16-19-22-34-31(37)28-25-29(32(38)35-23-20-17-14-11-8-5-2)27-30(26-28)33(39)36-24-21-18-15-12-9-6-3;1-4-7-10-13-16-28-25(31)22-19-23(26(32)29-17-14-11-8-5-2)21-24(20-22)27(33)30-18-15-12-9-6-3;1-20(2,3)17(25)12-14-10-15(18(26)23-21(4,5)6)13-16(11-14)19(27)24-22(7,8)9;1-4-7-10-22-19(25)16-13-17(20(26)23-11-8-5-2)15-18(14-16)21(27)24-12-9-6-3/h25-27H,4-24H2,1-3H3,(H,34,37)(H,35,38)(H,36,39);19-21H,4-18H2,1-3H3,(H,28,31)(H,29,32)(H,30,33);10-11,13H,12H2,1-9H3,(H,23,26)(H,24,27);13-15H,4-12H2,1-3H3,(H,22,25)(H,23,26)(H,24,27). The Morgan fingerprint density at radius 2 is 0.333 bits per heavy atom. The Morgan fingerprint density at radius 3 is 0.492 bits per heavy atom. The van der Waals surface area contributed by atoms with Crippen LogP contribution in [0.3, 0.4) is 0 Å². The van der Waals surface area contributed by atoms with Crippen molar-refractivity contribution in [2.45, 2.75) is 373 Å². The maximum absolute atomic E-state index is 12.9. The predicted molar refractivity (Wildman–Crippen MR) is 517 cm³/mol. The quantitative estimate of drug-likeness (QED) is 0.0184. The van der Waals surface area contributed by atoms with Crippen LogP contribution in [-0.2, 0) is 11.2 Å². The lowest BCUT2D eigenvalue weighted by atomic mass is 9.86. The molecule has 0 saturated carbocycles. The SMILES string of the molecule is CC(C)(C)NC(=O)c1cc(CC(=O)C(C)(C)C)cc(C(=O)NC(C)(C)C)c1.CCCCCCCCNC(=O)c1cc(C(=O)NCCCCCCCC)cc(C(=O)NCCCCCCCC)c1.CCCCCCNC(=O)c1cc(C(=O)NCCCCCC)cc(C(=O)NCCCCCC)c1.CCCCNC(=O)c1cc(C(=O)NCCCC)cc(C(=O)NCCCC)c1.